The monoisotopic (exact) mass is 393 g/mol. The number of benzene rings is 1. The zero-order valence-corrected chi connectivity index (χ0v) is 16.1. The smallest absolute Gasteiger partial charge is 0.312 e. The molecule has 9 heteroatoms. The van der Waals surface area contributed by atoms with Crippen LogP contribution in [0.4, 0.5) is 0 Å². The van der Waals surface area contributed by atoms with Crippen LogP contribution in [-0.4, -0.2) is 86.4 Å². The quantitative estimate of drug-likeness (QED) is 0.659. The highest BCUT2D eigenvalue weighted by molar-refractivity contribution is 7.90. The minimum atomic E-state index is -3.39. The third kappa shape index (κ3) is 4.29. The summed E-state index contributed by atoms with van der Waals surface area (Å²) < 4.78 is 23.3. The van der Waals surface area contributed by atoms with E-state index in [0.717, 1.165) is 19.1 Å². The standard InChI is InChI=1S/C18H23N3O5S/c1-27(25,26)15-6-4-5-14(13-15)16(22)20-9-11-21(12-10-20)18(24)17(23)19-7-2-3-8-19/h4-6,13H,2-3,7-12H2,1H3. The van der Waals surface area contributed by atoms with Gasteiger partial charge in [0, 0.05) is 51.1 Å². The van der Waals surface area contributed by atoms with E-state index in [9.17, 15) is 22.8 Å². The first-order chi connectivity index (χ1) is 12.8. The van der Waals surface area contributed by atoms with E-state index in [0.29, 0.717) is 31.7 Å². The lowest BCUT2D eigenvalue weighted by atomic mass is 10.2. The molecule has 0 saturated carbocycles. The first-order valence-electron chi connectivity index (χ1n) is 8.95. The normalized spacial score (nSPS) is 17.9. The predicted octanol–water partition coefficient (Wildman–Crippen LogP) is -0.00310. The van der Waals surface area contributed by atoms with E-state index in [-0.39, 0.29) is 23.9 Å². The van der Waals surface area contributed by atoms with Gasteiger partial charge in [0.15, 0.2) is 9.84 Å². The van der Waals surface area contributed by atoms with Crippen LogP contribution in [0.1, 0.15) is 23.2 Å². The Bertz CT molecular complexity index is 854. The van der Waals surface area contributed by atoms with Crippen LogP contribution in [0.25, 0.3) is 0 Å². The molecular weight excluding hydrogens is 370 g/mol. The molecule has 2 fully saturated rings. The molecule has 2 saturated heterocycles. The van der Waals surface area contributed by atoms with Crippen LogP contribution in [0.2, 0.25) is 0 Å². The largest absolute Gasteiger partial charge is 0.335 e. The van der Waals surface area contributed by atoms with Gasteiger partial charge in [-0.1, -0.05) is 6.07 Å². The number of piperazine rings is 1. The van der Waals surface area contributed by atoms with E-state index in [1.807, 2.05) is 0 Å². The van der Waals surface area contributed by atoms with Crippen molar-refractivity contribution >= 4 is 27.6 Å². The molecule has 0 bridgehead atoms. The molecule has 0 atom stereocenters. The van der Waals surface area contributed by atoms with Gasteiger partial charge in [0.25, 0.3) is 5.91 Å². The van der Waals surface area contributed by atoms with Crippen molar-refractivity contribution in [2.24, 2.45) is 0 Å². The molecule has 2 aliphatic rings. The lowest BCUT2D eigenvalue weighted by molar-refractivity contribution is -0.152. The lowest BCUT2D eigenvalue weighted by Gasteiger charge is -2.35. The summed E-state index contributed by atoms with van der Waals surface area (Å²) in [7, 11) is -3.39. The predicted molar refractivity (Wildman–Crippen MR) is 97.8 cm³/mol. The van der Waals surface area contributed by atoms with Crippen LogP contribution < -0.4 is 0 Å². The van der Waals surface area contributed by atoms with E-state index < -0.39 is 21.7 Å². The fourth-order valence-corrected chi connectivity index (χ4v) is 4.01. The van der Waals surface area contributed by atoms with Crippen molar-refractivity contribution in [3.05, 3.63) is 29.8 Å². The maximum Gasteiger partial charge on any atom is 0.312 e. The first kappa shape index (κ1) is 19.3. The fourth-order valence-electron chi connectivity index (χ4n) is 3.35. The zero-order chi connectivity index (χ0) is 19.6. The average molecular weight is 393 g/mol. The molecule has 27 heavy (non-hydrogen) atoms. The molecule has 8 nitrogen and oxygen atoms in total. The number of carbonyl (C=O) groups is 3. The second kappa shape index (κ2) is 7.67. The zero-order valence-electron chi connectivity index (χ0n) is 15.3. The Morgan fingerprint density at radius 3 is 1.89 bits per heavy atom. The van der Waals surface area contributed by atoms with E-state index in [4.69, 9.17) is 0 Å². The third-order valence-corrected chi connectivity index (χ3v) is 6.05. The Kier molecular flexibility index (Phi) is 5.50. The van der Waals surface area contributed by atoms with Crippen molar-refractivity contribution in [2.45, 2.75) is 17.7 Å². The number of hydrogen-bond donors (Lipinski definition) is 0. The van der Waals surface area contributed by atoms with Crippen molar-refractivity contribution < 1.29 is 22.8 Å². The topological polar surface area (TPSA) is 95.1 Å². The van der Waals surface area contributed by atoms with Gasteiger partial charge in [-0.3, -0.25) is 14.4 Å². The second-order valence-corrected chi connectivity index (χ2v) is 8.90. The molecule has 0 aromatic heterocycles. The van der Waals surface area contributed by atoms with Gasteiger partial charge in [0.05, 0.1) is 4.90 Å². The molecule has 0 N–H and O–H groups in total. The van der Waals surface area contributed by atoms with Crippen LogP contribution in [0.5, 0.6) is 0 Å². The summed E-state index contributed by atoms with van der Waals surface area (Å²) in [6, 6.07) is 5.93. The first-order valence-corrected chi connectivity index (χ1v) is 10.8. The summed E-state index contributed by atoms with van der Waals surface area (Å²) in [5.41, 5.74) is 0.297. The number of hydrogen-bond acceptors (Lipinski definition) is 5. The van der Waals surface area contributed by atoms with Crippen molar-refractivity contribution in [2.75, 3.05) is 45.5 Å². The molecule has 3 rings (SSSR count). The van der Waals surface area contributed by atoms with Gasteiger partial charge in [-0.15, -0.1) is 0 Å². The molecule has 0 aliphatic carbocycles. The number of nitrogens with zero attached hydrogens (tertiary/aromatic N) is 3. The molecule has 0 spiro atoms. The summed E-state index contributed by atoms with van der Waals surface area (Å²) in [6.45, 7) is 2.44. The highest BCUT2D eigenvalue weighted by atomic mass is 32.2. The van der Waals surface area contributed by atoms with Crippen LogP contribution in [0.15, 0.2) is 29.2 Å². The van der Waals surface area contributed by atoms with E-state index in [1.54, 1.807) is 15.9 Å². The van der Waals surface area contributed by atoms with Crippen molar-refractivity contribution in [1.29, 1.82) is 0 Å². The Balaban J connectivity index is 1.61. The van der Waals surface area contributed by atoms with Gasteiger partial charge in [0.2, 0.25) is 0 Å². The molecule has 1 aromatic rings. The van der Waals surface area contributed by atoms with Crippen molar-refractivity contribution in [3.63, 3.8) is 0 Å². The third-order valence-electron chi connectivity index (χ3n) is 4.94. The van der Waals surface area contributed by atoms with Gasteiger partial charge < -0.3 is 14.7 Å². The lowest BCUT2D eigenvalue weighted by Crippen LogP contribution is -2.54. The van der Waals surface area contributed by atoms with Gasteiger partial charge in [-0.2, -0.15) is 0 Å². The number of rotatable bonds is 2. The van der Waals surface area contributed by atoms with E-state index >= 15 is 0 Å². The minimum absolute atomic E-state index is 0.0957. The van der Waals surface area contributed by atoms with Gasteiger partial charge in [-0.25, -0.2) is 8.42 Å². The van der Waals surface area contributed by atoms with Gasteiger partial charge in [0.1, 0.15) is 0 Å². The van der Waals surface area contributed by atoms with Crippen LogP contribution in [-0.2, 0) is 19.4 Å². The van der Waals surface area contributed by atoms with Crippen molar-refractivity contribution in [1.82, 2.24) is 14.7 Å². The summed E-state index contributed by atoms with van der Waals surface area (Å²) in [6.07, 6.45) is 2.94. The van der Waals surface area contributed by atoms with Crippen LogP contribution in [0, 0.1) is 0 Å². The van der Waals surface area contributed by atoms with E-state index in [1.165, 1.54) is 23.1 Å². The van der Waals surface area contributed by atoms with Crippen LogP contribution in [0.3, 0.4) is 0 Å². The van der Waals surface area contributed by atoms with Crippen molar-refractivity contribution in [3.8, 4) is 0 Å². The van der Waals surface area contributed by atoms with Gasteiger partial charge >= 0.3 is 11.8 Å². The summed E-state index contributed by atoms with van der Waals surface area (Å²) in [5, 5.41) is 0. The molecular formula is C18H23N3O5S. The Morgan fingerprint density at radius 1 is 0.815 bits per heavy atom. The second-order valence-electron chi connectivity index (χ2n) is 6.88. The number of amides is 3. The summed E-state index contributed by atoms with van der Waals surface area (Å²) in [4.78, 5) is 41.9. The molecule has 2 heterocycles. The SMILES string of the molecule is CS(=O)(=O)c1cccc(C(=O)N2CCN(C(=O)C(=O)N3CCCC3)CC2)c1. The highest BCUT2D eigenvalue weighted by Gasteiger charge is 2.32. The number of sulfone groups is 1. The number of likely N-dealkylation sites (tertiary alicyclic amines) is 1. The summed E-state index contributed by atoms with van der Waals surface area (Å²) >= 11 is 0. The number of carbonyl (C=O) groups excluding carboxylic acids is 3. The average Bonchev–Trinajstić information content (AvgIpc) is 3.20. The molecule has 0 radical (unpaired) electrons. The maximum absolute atomic E-state index is 12.7. The van der Waals surface area contributed by atoms with Gasteiger partial charge in [-0.05, 0) is 31.0 Å². The minimum Gasteiger partial charge on any atom is -0.335 e. The summed E-state index contributed by atoms with van der Waals surface area (Å²) in [5.74, 6) is -1.25. The highest BCUT2D eigenvalue weighted by Crippen LogP contribution is 2.15. The Labute approximate surface area is 158 Å². The maximum atomic E-state index is 12.7. The molecule has 3 amide bonds. The molecule has 0 unspecified atom stereocenters. The molecule has 146 valence electrons. The van der Waals surface area contributed by atoms with E-state index in [2.05, 4.69) is 0 Å². The molecule has 1 aromatic carbocycles. The fraction of sp³-hybridized carbons (Fsp3) is 0.500. The Hall–Kier alpha value is -2.42. The Morgan fingerprint density at radius 2 is 1.33 bits per heavy atom. The van der Waals surface area contributed by atoms with Crippen LogP contribution >= 0.6 is 0 Å². The molecule has 2 aliphatic heterocycles.